The molecule has 0 heterocycles. The molecule has 0 aliphatic rings. The first-order chi connectivity index (χ1) is 13.7. The van der Waals surface area contributed by atoms with Gasteiger partial charge in [0.2, 0.25) is 5.91 Å². The van der Waals surface area contributed by atoms with Crippen LogP contribution in [0.15, 0.2) is 42.5 Å². The standard InChI is InChI=1S/C19H15ClN2O7/c1-28-18(24)12-8-13(19(25)29-2)10-14(9-12)21-17(23)6-4-11-3-5-15(20)16(7-11)22(26)27/h3-10H,1-2H3,(H,21,23)/b6-4+. The van der Waals surface area contributed by atoms with Crippen molar-refractivity contribution in [3.8, 4) is 0 Å². The summed E-state index contributed by atoms with van der Waals surface area (Å²) in [6, 6.07) is 8.01. The van der Waals surface area contributed by atoms with E-state index in [9.17, 15) is 24.5 Å². The van der Waals surface area contributed by atoms with Gasteiger partial charge in [-0.3, -0.25) is 14.9 Å². The molecule has 0 saturated heterocycles. The summed E-state index contributed by atoms with van der Waals surface area (Å²) in [6.07, 6.45) is 2.49. The van der Waals surface area contributed by atoms with Crippen LogP contribution >= 0.6 is 11.6 Å². The number of carbonyl (C=O) groups excluding carboxylic acids is 3. The number of nitrogens with zero attached hydrogens (tertiary/aromatic N) is 1. The number of nitro benzene ring substituents is 1. The minimum absolute atomic E-state index is 0.0217. The van der Waals surface area contributed by atoms with Crippen LogP contribution in [-0.2, 0) is 14.3 Å². The van der Waals surface area contributed by atoms with Crippen LogP contribution in [0.5, 0.6) is 0 Å². The minimum atomic E-state index is -0.699. The van der Waals surface area contributed by atoms with Gasteiger partial charge in [0.05, 0.1) is 30.3 Å². The lowest BCUT2D eigenvalue weighted by Crippen LogP contribution is -2.12. The second kappa shape index (κ2) is 9.47. The topological polar surface area (TPSA) is 125 Å². The summed E-state index contributed by atoms with van der Waals surface area (Å²) >= 11 is 5.75. The van der Waals surface area contributed by atoms with Gasteiger partial charge in [-0.15, -0.1) is 0 Å². The third-order valence-corrected chi connectivity index (χ3v) is 3.96. The Labute approximate surface area is 170 Å². The summed E-state index contributed by atoms with van der Waals surface area (Å²) in [5, 5.41) is 13.4. The molecule has 1 N–H and O–H groups in total. The van der Waals surface area contributed by atoms with Gasteiger partial charge in [-0.1, -0.05) is 17.7 Å². The van der Waals surface area contributed by atoms with Crippen LogP contribution in [0.1, 0.15) is 26.3 Å². The van der Waals surface area contributed by atoms with E-state index in [1.807, 2.05) is 0 Å². The van der Waals surface area contributed by atoms with E-state index in [1.54, 1.807) is 0 Å². The summed E-state index contributed by atoms with van der Waals surface area (Å²) < 4.78 is 9.25. The van der Waals surface area contributed by atoms with E-state index in [4.69, 9.17) is 11.6 Å². The molecule has 9 nitrogen and oxygen atoms in total. The molecule has 1 amide bonds. The van der Waals surface area contributed by atoms with Crippen LogP contribution in [0, 0.1) is 10.1 Å². The number of carbonyl (C=O) groups is 3. The molecule has 2 rings (SSSR count). The van der Waals surface area contributed by atoms with Gasteiger partial charge in [0.1, 0.15) is 5.02 Å². The fraction of sp³-hybridized carbons (Fsp3) is 0.105. The van der Waals surface area contributed by atoms with Crippen LogP contribution in [0.25, 0.3) is 6.08 Å². The smallest absolute Gasteiger partial charge is 0.337 e. The largest absolute Gasteiger partial charge is 0.465 e. The molecular weight excluding hydrogens is 404 g/mol. The Bertz CT molecular complexity index is 983. The van der Waals surface area contributed by atoms with Gasteiger partial charge in [-0.05, 0) is 35.9 Å². The van der Waals surface area contributed by atoms with Gasteiger partial charge < -0.3 is 14.8 Å². The molecule has 150 valence electrons. The lowest BCUT2D eigenvalue weighted by molar-refractivity contribution is -0.384. The van der Waals surface area contributed by atoms with Crippen molar-refractivity contribution in [2.75, 3.05) is 19.5 Å². The second-order valence-electron chi connectivity index (χ2n) is 5.57. The van der Waals surface area contributed by atoms with Crippen molar-refractivity contribution in [1.29, 1.82) is 0 Å². The van der Waals surface area contributed by atoms with Crippen molar-refractivity contribution < 1.29 is 28.8 Å². The number of methoxy groups -OCH3 is 2. The van der Waals surface area contributed by atoms with E-state index in [0.717, 1.165) is 6.08 Å². The molecule has 10 heteroatoms. The van der Waals surface area contributed by atoms with Gasteiger partial charge in [0, 0.05) is 17.8 Å². The molecular formula is C19H15ClN2O7. The van der Waals surface area contributed by atoms with E-state index in [-0.39, 0.29) is 27.5 Å². The summed E-state index contributed by atoms with van der Waals surface area (Å²) in [4.78, 5) is 46.0. The van der Waals surface area contributed by atoms with E-state index in [1.165, 1.54) is 56.7 Å². The molecule has 0 fully saturated rings. The third-order valence-electron chi connectivity index (χ3n) is 3.64. The third kappa shape index (κ3) is 5.63. The highest BCUT2D eigenvalue weighted by atomic mass is 35.5. The first-order valence-corrected chi connectivity index (χ1v) is 8.37. The highest BCUT2D eigenvalue weighted by molar-refractivity contribution is 6.32. The first-order valence-electron chi connectivity index (χ1n) is 8.00. The van der Waals surface area contributed by atoms with Crippen LogP contribution in [0.3, 0.4) is 0 Å². The number of nitro groups is 1. The van der Waals surface area contributed by atoms with E-state index < -0.39 is 22.8 Å². The SMILES string of the molecule is COC(=O)c1cc(NC(=O)/C=C/c2ccc(Cl)c([N+](=O)[O-])c2)cc(C(=O)OC)c1. The number of esters is 2. The number of nitrogens with one attached hydrogen (secondary N) is 1. The van der Waals surface area contributed by atoms with E-state index in [2.05, 4.69) is 14.8 Å². The van der Waals surface area contributed by atoms with Crippen LogP contribution in [0.4, 0.5) is 11.4 Å². The summed E-state index contributed by atoms with van der Waals surface area (Å²) in [7, 11) is 2.36. The quantitative estimate of drug-likeness (QED) is 0.329. The molecule has 0 unspecified atom stereocenters. The highest BCUT2D eigenvalue weighted by Gasteiger charge is 2.15. The van der Waals surface area contributed by atoms with Gasteiger partial charge in [-0.2, -0.15) is 0 Å². The van der Waals surface area contributed by atoms with Gasteiger partial charge >= 0.3 is 11.9 Å². The van der Waals surface area contributed by atoms with Crippen LogP contribution < -0.4 is 5.32 Å². The monoisotopic (exact) mass is 418 g/mol. The van der Waals surface area contributed by atoms with Crippen molar-refractivity contribution in [2.24, 2.45) is 0 Å². The van der Waals surface area contributed by atoms with E-state index in [0.29, 0.717) is 5.56 Å². The predicted molar refractivity (Wildman–Crippen MR) is 105 cm³/mol. The van der Waals surface area contributed by atoms with Crippen molar-refractivity contribution in [3.63, 3.8) is 0 Å². The second-order valence-corrected chi connectivity index (χ2v) is 5.98. The average Bonchev–Trinajstić information content (AvgIpc) is 2.71. The molecule has 0 aromatic heterocycles. The molecule has 0 bridgehead atoms. The molecule has 2 aromatic carbocycles. The number of rotatable bonds is 6. The Hall–Kier alpha value is -3.72. The Balaban J connectivity index is 2.24. The molecule has 2 aromatic rings. The number of halogens is 1. The Morgan fingerprint density at radius 1 is 1.03 bits per heavy atom. The maximum atomic E-state index is 12.2. The van der Waals surface area contributed by atoms with Crippen molar-refractivity contribution in [1.82, 2.24) is 0 Å². The fourth-order valence-electron chi connectivity index (χ4n) is 2.30. The van der Waals surface area contributed by atoms with Crippen LogP contribution in [0.2, 0.25) is 5.02 Å². The maximum Gasteiger partial charge on any atom is 0.337 e. The predicted octanol–water partition coefficient (Wildman–Crippen LogP) is 3.47. The van der Waals surface area contributed by atoms with Crippen molar-refractivity contribution in [2.45, 2.75) is 0 Å². The molecule has 0 radical (unpaired) electrons. The zero-order chi connectivity index (χ0) is 21.6. The zero-order valence-electron chi connectivity index (χ0n) is 15.3. The number of amides is 1. The Kier molecular flexibility index (Phi) is 7.05. The molecule has 0 spiro atoms. The first kappa shape index (κ1) is 21.6. The molecule has 0 saturated carbocycles. The van der Waals surface area contributed by atoms with Crippen LogP contribution in [-0.4, -0.2) is 37.0 Å². The zero-order valence-corrected chi connectivity index (χ0v) is 16.1. The highest BCUT2D eigenvalue weighted by Crippen LogP contribution is 2.25. The summed E-state index contributed by atoms with van der Waals surface area (Å²) in [5.41, 5.74) is 0.341. The maximum absolute atomic E-state index is 12.2. The van der Waals surface area contributed by atoms with Crippen molar-refractivity contribution in [3.05, 3.63) is 74.3 Å². The Morgan fingerprint density at radius 3 is 2.14 bits per heavy atom. The van der Waals surface area contributed by atoms with Gasteiger partial charge in [-0.25, -0.2) is 9.59 Å². The normalized spacial score (nSPS) is 10.4. The number of hydrogen-bond donors (Lipinski definition) is 1. The van der Waals surface area contributed by atoms with Crippen molar-refractivity contribution >= 4 is 46.9 Å². The number of ether oxygens (including phenoxy) is 2. The fourth-order valence-corrected chi connectivity index (χ4v) is 2.49. The minimum Gasteiger partial charge on any atom is -0.465 e. The molecule has 0 aliphatic heterocycles. The average molecular weight is 419 g/mol. The molecule has 0 aliphatic carbocycles. The van der Waals surface area contributed by atoms with Gasteiger partial charge in [0.25, 0.3) is 5.69 Å². The summed E-state index contributed by atoms with van der Waals surface area (Å²) in [6.45, 7) is 0. The van der Waals surface area contributed by atoms with E-state index >= 15 is 0 Å². The molecule has 0 atom stereocenters. The number of anilines is 1. The lowest BCUT2D eigenvalue weighted by atomic mass is 10.1. The lowest BCUT2D eigenvalue weighted by Gasteiger charge is -2.08. The number of hydrogen-bond acceptors (Lipinski definition) is 7. The summed E-state index contributed by atoms with van der Waals surface area (Å²) in [5.74, 6) is -1.99. The Morgan fingerprint density at radius 2 is 1.62 bits per heavy atom. The number of benzene rings is 2. The molecule has 29 heavy (non-hydrogen) atoms. The van der Waals surface area contributed by atoms with Gasteiger partial charge in [0.15, 0.2) is 0 Å².